The minimum atomic E-state index is -2.41. The molecule has 8 nitrogen and oxygen atoms in total. The third-order valence-corrected chi connectivity index (χ3v) is 4.83. The van der Waals surface area contributed by atoms with Crippen LogP contribution >= 0.6 is 0 Å². The van der Waals surface area contributed by atoms with E-state index in [9.17, 15) is 18.4 Å². The van der Waals surface area contributed by atoms with Crippen molar-refractivity contribution in [3.05, 3.63) is 59.4 Å². The maximum absolute atomic E-state index is 12.7. The first kappa shape index (κ1) is 19.0. The molecule has 2 aromatic rings. The van der Waals surface area contributed by atoms with Crippen molar-refractivity contribution in [2.45, 2.75) is 6.92 Å². The summed E-state index contributed by atoms with van der Waals surface area (Å²) in [7, 11) is 0. The molecular weight excluding hydrogens is 368 g/mol. The molecule has 1 saturated heterocycles. The molecule has 3 rings (SSSR count). The molecule has 1 fully saturated rings. The fourth-order valence-corrected chi connectivity index (χ4v) is 3.38. The van der Waals surface area contributed by atoms with Crippen molar-refractivity contribution in [2.24, 2.45) is 0 Å². The topological polar surface area (TPSA) is 106 Å². The van der Waals surface area contributed by atoms with Crippen LogP contribution in [0, 0.1) is 6.92 Å². The number of carbonyl (C=O) groups excluding carboxylic acids is 2. The zero-order valence-corrected chi connectivity index (χ0v) is 15.6. The average molecular weight is 387 g/mol. The Morgan fingerprint density at radius 2 is 1.56 bits per heavy atom. The van der Waals surface area contributed by atoms with Gasteiger partial charge in [0.25, 0.3) is 11.8 Å². The number of aromatic nitrogens is 1. The molecule has 1 aromatic heterocycles. The first-order chi connectivity index (χ1) is 13.0. The van der Waals surface area contributed by atoms with Crippen LogP contribution in [0.3, 0.4) is 0 Å². The summed E-state index contributed by atoms with van der Waals surface area (Å²) in [5, 5.41) is 0. The van der Waals surface area contributed by atoms with Crippen LogP contribution in [0.25, 0.3) is 0 Å². The van der Waals surface area contributed by atoms with Gasteiger partial charge in [-0.25, -0.2) is 0 Å². The molecule has 2 heterocycles. The van der Waals surface area contributed by atoms with Crippen LogP contribution in [-0.4, -0.2) is 61.5 Å². The van der Waals surface area contributed by atoms with E-state index in [0.717, 1.165) is 0 Å². The van der Waals surface area contributed by atoms with Crippen LogP contribution in [-0.2, 0) is 11.3 Å². The molecule has 27 heavy (non-hydrogen) atoms. The lowest BCUT2D eigenvalue weighted by molar-refractivity contribution is 0.0535. The maximum Gasteiger partial charge on any atom is 0.254 e. The number of hydrogen-bond donors (Lipinski definition) is 1. The number of piperazine rings is 1. The second kappa shape index (κ2) is 8.28. The highest BCUT2D eigenvalue weighted by molar-refractivity contribution is 7.80. The average Bonchev–Trinajstić information content (AvgIpc) is 2.69. The zero-order chi connectivity index (χ0) is 19.4. The summed E-state index contributed by atoms with van der Waals surface area (Å²) in [4.78, 5) is 32.5. The van der Waals surface area contributed by atoms with Gasteiger partial charge in [-0.3, -0.25) is 18.8 Å². The summed E-state index contributed by atoms with van der Waals surface area (Å²) in [6, 6.07) is 8.17. The summed E-state index contributed by atoms with van der Waals surface area (Å²) in [6.07, 6.45) is 3.16. The van der Waals surface area contributed by atoms with Gasteiger partial charge >= 0.3 is 0 Å². The van der Waals surface area contributed by atoms with Crippen molar-refractivity contribution >= 4 is 28.8 Å². The number of anilines is 1. The van der Waals surface area contributed by atoms with E-state index in [4.69, 9.17) is 0 Å². The highest BCUT2D eigenvalue weighted by Gasteiger charge is 2.25. The number of pyridine rings is 1. The number of nitrogens with one attached hydrogen (secondary N) is 1. The standard InChI is InChI=1S/C18H20N4O4S/c1-13-12-15(2-3-16(13)20-27(25)26)18(24)22-10-8-21(9-11-22)17(23)14-4-6-19-7-5-14/h2-7,12,20H,8-11H2,1H3,(H,25,26)/p-1. The molecule has 1 N–H and O–H groups in total. The van der Waals surface area contributed by atoms with Crippen LogP contribution in [0.4, 0.5) is 5.69 Å². The van der Waals surface area contributed by atoms with E-state index in [2.05, 4.69) is 9.71 Å². The van der Waals surface area contributed by atoms with Crippen molar-refractivity contribution in [1.29, 1.82) is 0 Å². The molecule has 142 valence electrons. The van der Waals surface area contributed by atoms with E-state index in [-0.39, 0.29) is 11.8 Å². The van der Waals surface area contributed by atoms with Crippen molar-refractivity contribution in [3.8, 4) is 0 Å². The van der Waals surface area contributed by atoms with Gasteiger partial charge < -0.3 is 19.1 Å². The third kappa shape index (κ3) is 4.50. The molecule has 2 amide bonds. The lowest BCUT2D eigenvalue weighted by Crippen LogP contribution is -2.50. The molecule has 1 atom stereocenters. The lowest BCUT2D eigenvalue weighted by atomic mass is 10.1. The number of amides is 2. The Bertz CT molecular complexity index is 867. The molecule has 0 spiro atoms. The molecule has 9 heteroatoms. The highest BCUT2D eigenvalue weighted by Crippen LogP contribution is 2.19. The van der Waals surface area contributed by atoms with E-state index in [1.54, 1.807) is 59.4 Å². The minimum Gasteiger partial charge on any atom is -0.755 e. The van der Waals surface area contributed by atoms with Gasteiger partial charge in [-0.1, -0.05) is 0 Å². The zero-order valence-electron chi connectivity index (χ0n) is 14.8. The Balaban J connectivity index is 1.62. The van der Waals surface area contributed by atoms with Crippen molar-refractivity contribution in [3.63, 3.8) is 0 Å². The number of nitrogens with zero attached hydrogens (tertiary/aromatic N) is 3. The Hall–Kier alpha value is -2.78. The van der Waals surface area contributed by atoms with E-state index in [1.165, 1.54) is 0 Å². The van der Waals surface area contributed by atoms with Crippen LogP contribution in [0.15, 0.2) is 42.7 Å². The number of carbonyl (C=O) groups is 2. The van der Waals surface area contributed by atoms with Gasteiger partial charge in [0.1, 0.15) is 0 Å². The number of benzene rings is 1. The SMILES string of the molecule is Cc1cc(C(=O)N2CCN(C(=O)c3ccncc3)CC2)ccc1NS(=O)[O-]. The molecule has 0 radical (unpaired) electrons. The van der Waals surface area contributed by atoms with Gasteiger partial charge in [0.05, 0.1) is 0 Å². The fraction of sp³-hybridized carbons (Fsp3) is 0.278. The molecule has 1 unspecified atom stereocenters. The minimum absolute atomic E-state index is 0.0682. The number of hydrogen-bond acceptors (Lipinski definition) is 5. The van der Waals surface area contributed by atoms with Crippen molar-refractivity contribution in [1.82, 2.24) is 14.8 Å². The largest absolute Gasteiger partial charge is 0.755 e. The molecule has 0 bridgehead atoms. The molecule has 0 saturated carbocycles. The summed E-state index contributed by atoms with van der Waals surface area (Å²) in [5.74, 6) is -0.203. The van der Waals surface area contributed by atoms with E-state index >= 15 is 0 Å². The third-order valence-electron chi connectivity index (χ3n) is 4.45. The van der Waals surface area contributed by atoms with Crippen LogP contribution in [0.2, 0.25) is 0 Å². The first-order valence-corrected chi connectivity index (χ1v) is 9.48. The normalized spacial score (nSPS) is 15.3. The van der Waals surface area contributed by atoms with Crippen molar-refractivity contribution < 1.29 is 18.4 Å². The summed E-state index contributed by atoms with van der Waals surface area (Å²) in [5.41, 5.74) is 2.17. The molecule has 1 aromatic carbocycles. The molecular formula is C18H19N4O4S-. The Morgan fingerprint density at radius 1 is 1.00 bits per heavy atom. The van der Waals surface area contributed by atoms with E-state index in [0.29, 0.717) is 48.6 Å². The lowest BCUT2D eigenvalue weighted by Gasteiger charge is -2.35. The van der Waals surface area contributed by atoms with Gasteiger partial charge in [-0.2, -0.15) is 0 Å². The number of rotatable bonds is 4. The maximum atomic E-state index is 12.7. The molecule has 1 aliphatic rings. The highest BCUT2D eigenvalue weighted by atomic mass is 32.2. The van der Waals surface area contributed by atoms with Gasteiger partial charge in [0.15, 0.2) is 0 Å². The smallest absolute Gasteiger partial charge is 0.254 e. The summed E-state index contributed by atoms with van der Waals surface area (Å²) < 4.78 is 23.8. The van der Waals surface area contributed by atoms with Gasteiger partial charge in [0.2, 0.25) is 0 Å². The number of aryl methyl sites for hydroxylation is 1. The van der Waals surface area contributed by atoms with E-state index < -0.39 is 11.3 Å². The second-order valence-electron chi connectivity index (χ2n) is 6.19. The summed E-state index contributed by atoms with van der Waals surface area (Å²) in [6.45, 7) is 3.54. The summed E-state index contributed by atoms with van der Waals surface area (Å²) >= 11 is -2.41. The van der Waals surface area contributed by atoms with Crippen LogP contribution in [0.1, 0.15) is 26.3 Å². The van der Waals surface area contributed by atoms with E-state index in [1.807, 2.05) is 0 Å². The monoisotopic (exact) mass is 387 g/mol. The Morgan fingerprint density at radius 3 is 2.07 bits per heavy atom. The van der Waals surface area contributed by atoms with Crippen LogP contribution < -0.4 is 4.72 Å². The van der Waals surface area contributed by atoms with Gasteiger partial charge in [-0.15, -0.1) is 0 Å². The Kier molecular flexibility index (Phi) is 5.82. The first-order valence-electron chi connectivity index (χ1n) is 8.41. The Labute approximate surface area is 159 Å². The van der Waals surface area contributed by atoms with Crippen molar-refractivity contribution in [2.75, 3.05) is 30.9 Å². The molecule has 1 aliphatic heterocycles. The fourth-order valence-electron chi connectivity index (χ4n) is 2.97. The quantitative estimate of drug-likeness (QED) is 0.794. The predicted molar refractivity (Wildman–Crippen MR) is 99.8 cm³/mol. The second-order valence-corrected chi connectivity index (χ2v) is 6.86. The van der Waals surface area contributed by atoms with Gasteiger partial charge in [-0.05, 0) is 42.8 Å². The van der Waals surface area contributed by atoms with Gasteiger partial charge in [0, 0.05) is 66.7 Å². The molecule has 0 aliphatic carbocycles. The predicted octanol–water partition coefficient (Wildman–Crippen LogP) is 1.19. The van der Waals surface area contributed by atoms with Crippen LogP contribution in [0.5, 0.6) is 0 Å².